The lowest BCUT2D eigenvalue weighted by molar-refractivity contribution is 0.107. The van der Waals surface area contributed by atoms with Gasteiger partial charge in [0.25, 0.3) is 6.43 Å². The number of pyridine rings is 1. The van der Waals surface area contributed by atoms with E-state index in [1.54, 1.807) is 6.20 Å². The van der Waals surface area contributed by atoms with E-state index in [-0.39, 0.29) is 19.6 Å². The van der Waals surface area contributed by atoms with Crippen LogP contribution in [0.25, 0.3) is 0 Å². The molecule has 8 heteroatoms. The maximum atomic E-state index is 12.8. The molecular formula is C26H33F2N5S. The molecule has 2 fully saturated rings. The lowest BCUT2D eigenvalue weighted by Crippen LogP contribution is -2.45. The molecule has 0 bridgehead atoms. The van der Waals surface area contributed by atoms with Crippen LogP contribution in [0.3, 0.4) is 0 Å². The van der Waals surface area contributed by atoms with Crippen molar-refractivity contribution < 1.29 is 8.78 Å². The second-order valence-electron chi connectivity index (χ2n) is 8.95. The molecule has 1 aromatic heterocycles. The van der Waals surface area contributed by atoms with Gasteiger partial charge in [0.05, 0.1) is 18.0 Å². The minimum Gasteiger partial charge on any atom is -0.310 e. The molecule has 0 N–H and O–H groups in total. The molecule has 5 rings (SSSR count). The molecule has 1 aromatic carbocycles. The van der Waals surface area contributed by atoms with E-state index < -0.39 is 6.43 Å². The Labute approximate surface area is 205 Å². The zero-order chi connectivity index (χ0) is 22.6. The van der Waals surface area contributed by atoms with Crippen LogP contribution >= 0.6 is 11.9 Å². The van der Waals surface area contributed by atoms with Crippen molar-refractivity contribution in [3.8, 4) is 0 Å². The summed E-state index contributed by atoms with van der Waals surface area (Å²) in [6, 6.07) is 15.2. The summed E-state index contributed by atoms with van der Waals surface area (Å²) < 4.78 is 28.0. The molecule has 2 aromatic rings. The molecule has 0 unspecified atom stereocenters. The van der Waals surface area contributed by atoms with Crippen LogP contribution in [0.2, 0.25) is 0 Å². The number of hydrogen-bond acceptors (Lipinski definition) is 6. The first-order chi connectivity index (χ1) is 16.2. The van der Waals surface area contributed by atoms with Crippen LogP contribution in [0.5, 0.6) is 0 Å². The van der Waals surface area contributed by atoms with E-state index in [0.29, 0.717) is 17.5 Å². The van der Waals surface area contributed by atoms with Crippen molar-refractivity contribution in [2.24, 2.45) is 10.2 Å². The number of halogens is 2. The largest absolute Gasteiger partial charge is 0.310 e. The average molecular weight is 486 g/mol. The number of alkyl halides is 2. The number of likely N-dealkylation sites (tertiary alicyclic amines) is 1. The Morgan fingerprint density at radius 2 is 1.76 bits per heavy atom. The minimum atomic E-state index is -2.56. The average Bonchev–Trinajstić information content (AvgIpc) is 3.31. The number of aromatic nitrogens is 1. The van der Waals surface area contributed by atoms with Crippen molar-refractivity contribution in [2.45, 2.75) is 70.2 Å². The van der Waals surface area contributed by atoms with Crippen LogP contribution in [0.15, 0.2) is 58.9 Å². The van der Waals surface area contributed by atoms with Gasteiger partial charge in [-0.1, -0.05) is 32.0 Å². The fourth-order valence-electron chi connectivity index (χ4n) is 4.55. The number of para-hydroxylation sites is 1. The summed E-state index contributed by atoms with van der Waals surface area (Å²) in [4.78, 5) is 7.31. The molecule has 182 valence electrons. The first-order valence-electron chi connectivity index (χ1n) is 11.8. The summed E-state index contributed by atoms with van der Waals surface area (Å²) in [5, 5.41) is 8.12. The molecule has 0 spiro atoms. The van der Waals surface area contributed by atoms with Crippen LogP contribution in [0.1, 0.15) is 57.2 Å². The van der Waals surface area contributed by atoms with Crippen LogP contribution in [-0.2, 0) is 6.54 Å². The quantitative estimate of drug-likeness (QED) is 0.418. The van der Waals surface area contributed by atoms with Gasteiger partial charge in [0.1, 0.15) is 5.71 Å². The van der Waals surface area contributed by atoms with Crippen LogP contribution in [0, 0.1) is 0 Å². The van der Waals surface area contributed by atoms with E-state index in [1.165, 1.54) is 50.9 Å². The molecule has 1 aliphatic carbocycles. The molecule has 0 atom stereocenters. The summed E-state index contributed by atoms with van der Waals surface area (Å²) >= 11 is 1.93. The Bertz CT molecular complexity index is 984. The Morgan fingerprint density at radius 1 is 1.00 bits per heavy atom. The van der Waals surface area contributed by atoms with E-state index in [4.69, 9.17) is 0 Å². The highest BCUT2D eigenvalue weighted by Crippen LogP contribution is 2.35. The van der Waals surface area contributed by atoms with Crippen molar-refractivity contribution in [1.29, 1.82) is 0 Å². The van der Waals surface area contributed by atoms with Gasteiger partial charge in [-0.25, -0.2) is 8.78 Å². The summed E-state index contributed by atoms with van der Waals surface area (Å²) in [7, 11) is 0. The molecule has 2 aliphatic heterocycles. The Hall–Kier alpha value is -2.32. The number of anilines is 1. The molecule has 5 nitrogen and oxygen atoms in total. The molecular weight excluding hydrogens is 452 g/mol. The summed E-state index contributed by atoms with van der Waals surface area (Å²) in [5.74, 6) is 0. The van der Waals surface area contributed by atoms with Gasteiger partial charge in [0.15, 0.2) is 0 Å². The fraction of sp³-hybridized carbons (Fsp3) is 0.500. The molecule has 34 heavy (non-hydrogen) atoms. The number of rotatable bonds is 8. The number of piperidine rings is 1. The SMILES string of the molecule is C.FC(F)C1=NN=C(c2ccc(CN(SC3CCN(C4CCC4)CC3)c3ccccc3)nc2)C1. The van der Waals surface area contributed by atoms with Gasteiger partial charge in [-0.3, -0.25) is 4.98 Å². The number of hydrogen-bond donors (Lipinski definition) is 0. The Kier molecular flexibility index (Phi) is 8.32. The zero-order valence-corrected chi connectivity index (χ0v) is 19.4. The molecule has 3 heterocycles. The summed E-state index contributed by atoms with van der Waals surface area (Å²) in [5.41, 5.74) is 3.24. The standard InChI is InChI=1S/C25H29F2N5S.CH4/c26-25(27)24-15-23(29-30-24)18-9-10-19(28-16-18)17-32(21-5-2-1-3-6-21)33-22-11-13-31(14-12-22)20-7-4-8-20;/h1-3,5-6,9-10,16,20,22,25H,4,7-8,11-15,17H2;1H4. The maximum Gasteiger partial charge on any atom is 0.278 e. The van der Waals surface area contributed by atoms with Crippen molar-refractivity contribution >= 4 is 29.1 Å². The molecule has 3 aliphatic rings. The van der Waals surface area contributed by atoms with Gasteiger partial charge < -0.3 is 9.21 Å². The van der Waals surface area contributed by atoms with Gasteiger partial charge in [-0.2, -0.15) is 10.2 Å². The van der Waals surface area contributed by atoms with Gasteiger partial charge in [0.2, 0.25) is 0 Å². The fourth-order valence-corrected chi connectivity index (χ4v) is 5.78. The van der Waals surface area contributed by atoms with Gasteiger partial charge >= 0.3 is 0 Å². The van der Waals surface area contributed by atoms with Crippen LogP contribution in [0.4, 0.5) is 14.5 Å². The smallest absolute Gasteiger partial charge is 0.278 e. The van der Waals surface area contributed by atoms with Gasteiger partial charge in [0, 0.05) is 35.2 Å². The predicted octanol–water partition coefficient (Wildman–Crippen LogP) is 6.20. The topological polar surface area (TPSA) is 44.1 Å². The molecule has 1 saturated carbocycles. The van der Waals surface area contributed by atoms with E-state index in [1.807, 2.05) is 30.1 Å². The van der Waals surface area contributed by atoms with E-state index >= 15 is 0 Å². The first-order valence-corrected chi connectivity index (χ1v) is 12.6. The number of benzene rings is 1. The Balaban J connectivity index is 0.00000274. The molecule has 0 amide bonds. The van der Waals surface area contributed by atoms with Gasteiger partial charge in [-0.05, 0) is 75.0 Å². The van der Waals surface area contributed by atoms with Crippen LogP contribution in [-0.4, -0.2) is 52.1 Å². The van der Waals surface area contributed by atoms with E-state index in [0.717, 1.165) is 17.3 Å². The highest BCUT2D eigenvalue weighted by molar-refractivity contribution is 8.01. The third-order valence-corrected chi connectivity index (χ3v) is 8.12. The third kappa shape index (κ3) is 5.84. The van der Waals surface area contributed by atoms with E-state index in [9.17, 15) is 8.78 Å². The second-order valence-corrected chi connectivity index (χ2v) is 10.3. The minimum absolute atomic E-state index is 0. The van der Waals surface area contributed by atoms with Crippen molar-refractivity contribution in [2.75, 3.05) is 17.4 Å². The predicted molar refractivity (Wildman–Crippen MR) is 138 cm³/mol. The normalized spacial score (nSPS) is 19.4. The van der Waals surface area contributed by atoms with Gasteiger partial charge in [-0.15, -0.1) is 0 Å². The van der Waals surface area contributed by atoms with Crippen LogP contribution < -0.4 is 4.31 Å². The lowest BCUT2D eigenvalue weighted by atomic mass is 9.90. The molecule has 0 radical (unpaired) electrons. The highest BCUT2D eigenvalue weighted by Gasteiger charge is 2.30. The van der Waals surface area contributed by atoms with Crippen molar-refractivity contribution in [3.63, 3.8) is 0 Å². The summed E-state index contributed by atoms with van der Waals surface area (Å²) in [6.07, 6.45) is 5.81. The lowest BCUT2D eigenvalue weighted by Gasteiger charge is -2.42. The maximum absolute atomic E-state index is 12.8. The third-order valence-electron chi connectivity index (χ3n) is 6.75. The number of nitrogens with zero attached hydrogens (tertiary/aromatic N) is 5. The van der Waals surface area contributed by atoms with Crippen molar-refractivity contribution in [3.05, 3.63) is 59.9 Å². The highest BCUT2D eigenvalue weighted by atomic mass is 32.2. The molecule has 1 saturated heterocycles. The first kappa shape index (κ1) is 24.8. The second kappa shape index (κ2) is 11.4. The monoisotopic (exact) mass is 485 g/mol. The van der Waals surface area contributed by atoms with Crippen molar-refractivity contribution in [1.82, 2.24) is 9.88 Å². The zero-order valence-electron chi connectivity index (χ0n) is 18.6. The van der Waals surface area contributed by atoms with E-state index in [2.05, 4.69) is 48.7 Å². The Morgan fingerprint density at radius 3 is 2.35 bits per heavy atom. The summed E-state index contributed by atoms with van der Waals surface area (Å²) in [6.45, 7) is 3.08.